The van der Waals surface area contributed by atoms with Crippen LogP contribution in [0.4, 0.5) is 0 Å². The van der Waals surface area contributed by atoms with Crippen molar-refractivity contribution in [2.45, 2.75) is 118 Å². The van der Waals surface area contributed by atoms with Gasteiger partial charge in [-0.15, -0.1) is 0 Å². The van der Waals surface area contributed by atoms with Crippen LogP contribution < -0.4 is 20.9 Å². The second kappa shape index (κ2) is 18.7. The van der Waals surface area contributed by atoms with Gasteiger partial charge in [0.05, 0.1) is 5.69 Å². The van der Waals surface area contributed by atoms with Crippen LogP contribution in [-0.2, 0) is 6.42 Å². The van der Waals surface area contributed by atoms with Crippen LogP contribution in [0.25, 0.3) is 33.9 Å². The van der Waals surface area contributed by atoms with E-state index in [1.165, 1.54) is 115 Å². The van der Waals surface area contributed by atoms with Crippen LogP contribution in [0.15, 0.2) is 132 Å². The van der Waals surface area contributed by atoms with Gasteiger partial charge in [0, 0.05) is 12.1 Å². The highest BCUT2D eigenvalue weighted by atomic mass is 14.7. The van der Waals surface area contributed by atoms with Crippen molar-refractivity contribution >= 4 is 33.9 Å². The van der Waals surface area contributed by atoms with Gasteiger partial charge in [-0.05, 0) is 161 Å². The third-order valence-electron chi connectivity index (χ3n) is 12.3. The molecule has 2 aromatic carbocycles. The summed E-state index contributed by atoms with van der Waals surface area (Å²) in [6.45, 7) is 9.14. The van der Waals surface area contributed by atoms with Crippen LogP contribution >= 0.6 is 0 Å². The largest absolute Gasteiger partial charge is 0.256 e. The smallest absolute Gasteiger partial charge is 0.0662 e. The van der Waals surface area contributed by atoms with Crippen molar-refractivity contribution in [1.82, 2.24) is 4.98 Å². The van der Waals surface area contributed by atoms with Crippen molar-refractivity contribution in [2.75, 3.05) is 0 Å². The molecule has 3 aromatic rings. The van der Waals surface area contributed by atoms with Crippen LogP contribution in [0.5, 0.6) is 0 Å². The third-order valence-corrected chi connectivity index (χ3v) is 12.3. The summed E-state index contributed by atoms with van der Waals surface area (Å²) in [5, 5.41) is 5.68. The highest BCUT2D eigenvalue weighted by Gasteiger charge is 2.19. The number of unbranched alkanes of at least 4 members (excludes halogenated alkanes) is 4. The minimum atomic E-state index is 0.266. The summed E-state index contributed by atoms with van der Waals surface area (Å²) < 4.78 is 0. The molecule has 4 aliphatic rings. The van der Waals surface area contributed by atoms with Gasteiger partial charge in [-0.2, -0.15) is 0 Å². The number of rotatable bonds is 13. The summed E-state index contributed by atoms with van der Waals surface area (Å²) in [5.74, 6) is 0.266. The lowest BCUT2D eigenvalue weighted by atomic mass is 9.83. The Labute approximate surface area is 331 Å². The molecule has 4 aliphatic carbocycles. The maximum atomic E-state index is 5.01. The number of aromatic nitrogens is 1. The summed E-state index contributed by atoms with van der Waals surface area (Å²) in [6, 6.07) is 20.8. The second-order valence-corrected chi connectivity index (χ2v) is 16.0. The van der Waals surface area contributed by atoms with Crippen LogP contribution in [0.1, 0.15) is 128 Å². The molecule has 0 radical (unpaired) electrons. The molecule has 0 saturated heterocycles. The first-order valence-corrected chi connectivity index (χ1v) is 21.4. The van der Waals surface area contributed by atoms with Crippen LogP contribution in [-0.4, -0.2) is 4.98 Å². The van der Waals surface area contributed by atoms with E-state index < -0.39 is 0 Å². The minimum absolute atomic E-state index is 0.266. The van der Waals surface area contributed by atoms with Gasteiger partial charge in [0.2, 0.25) is 0 Å². The predicted molar refractivity (Wildman–Crippen MR) is 239 cm³/mol. The summed E-state index contributed by atoms with van der Waals surface area (Å²) in [5.41, 5.74) is 15.5. The maximum Gasteiger partial charge on any atom is 0.0662 e. The van der Waals surface area contributed by atoms with Crippen molar-refractivity contribution in [3.63, 3.8) is 0 Å². The topological polar surface area (TPSA) is 12.9 Å². The van der Waals surface area contributed by atoms with E-state index in [0.717, 1.165) is 57.1 Å². The molecule has 0 amide bonds. The SMILES string of the molecule is C/C=C\C=C/C(C)/C(C1=CC=C(c2ccc(C3=CC4=C(C=CCC4)CC3)nc2)CC1)=c1/cccc/c1=C(/C)C1=c2cccc(CCCCCCC)c2=CCC1. The molecule has 55 heavy (non-hydrogen) atoms. The first kappa shape index (κ1) is 38.5. The molecule has 0 saturated carbocycles. The maximum absolute atomic E-state index is 5.01. The Morgan fingerprint density at radius 1 is 0.782 bits per heavy atom. The molecule has 0 aliphatic heterocycles. The monoisotopic (exact) mass is 723 g/mol. The van der Waals surface area contributed by atoms with Gasteiger partial charge in [0.1, 0.15) is 0 Å². The molecule has 0 N–H and O–H groups in total. The number of fused-ring (bicyclic) bond motifs is 1. The normalized spacial score (nSPS) is 18.7. The summed E-state index contributed by atoms with van der Waals surface area (Å²) >= 11 is 0. The summed E-state index contributed by atoms with van der Waals surface area (Å²) in [7, 11) is 0. The molecule has 282 valence electrons. The second-order valence-electron chi connectivity index (χ2n) is 16.0. The number of pyridine rings is 1. The van der Waals surface area contributed by atoms with E-state index in [1.54, 1.807) is 0 Å². The van der Waals surface area contributed by atoms with E-state index in [0.29, 0.717) is 0 Å². The lowest BCUT2D eigenvalue weighted by Crippen LogP contribution is -2.36. The Bertz CT molecular complexity index is 2350. The van der Waals surface area contributed by atoms with Gasteiger partial charge in [0.25, 0.3) is 0 Å². The molecule has 1 aromatic heterocycles. The quantitative estimate of drug-likeness (QED) is 0.126. The lowest BCUT2D eigenvalue weighted by molar-refractivity contribution is 0.631. The van der Waals surface area contributed by atoms with Crippen molar-refractivity contribution in [3.8, 4) is 0 Å². The van der Waals surface area contributed by atoms with E-state index >= 15 is 0 Å². The zero-order valence-corrected chi connectivity index (χ0v) is 34.0. The van der Waals surface area contributed by atoms with Crippen molar-refractivity contribution in [2.24, 2.45) is 5.92 Å². The first-order chi connectivity index (χ1) is 27.1. The fourth-order valence-corrected chi connectivity index (χ4v) is 9.27. The number of nitrogens with zero attached hydrogens (tertiary/aromatic N) is 1. The molecule has 1 heterocycles. The summed E-state index contributed by atoms with van der Waals surface area (Å²) in [6.07, 6.45) is 41.9. The Balaban J connectivity index is 1.26. The van der Waals surface area contributed by atoms with E-state index in [9.17, 15) is 0 Å². The first-order valence-electron chi connectivity index (χ1n) is 21.4. The van der Waals surface area contributed by atoms with Crippen molar-refractivity contribution in [1.29, 1.82) is 0 Å². The molecule has 1 heteroatoms. The lowest BCUT2D eigenvalue weighted by Gasteiger charge is -2.22. The van der Waals surface area contributed by atoms with E-state index in [2.05, 4.69) is 149 Å². The van der Waals surface area contributed by atoms with E-state index in [4.69, 9.17) is 4.98 Å². The third kappa shape index (κ3) is 9.05. The molecule has 1 unspecified atom stereocenters. The zero-order valence-electron chi connectivity index (χ0n) is 34.0. The fourth-order valence-electron chi connectivity index (χ4n) is 9.27. The van der Waals surface area contributed by atoms with Gasteiger partial charge in [0.15, 0.2) is 0 Å². The molecular formula is C54H61N. The summed E-state index contributed by atoms with van der Waals surface area (Å²) in [4.78, 5) is 5.01. The number of aryl methyl sites for hydroxylation is 1. The number of benzene rings is 2. The average molecular weight is 724 g/mol. The highest BCUT2D eigenvalue weighted by Crippen LogP contribution is 2.36. The molecule has 7 rings (SSSR count). The molecule has 0 fully saturated rings. The average Bonchev–Trinajstić information content (AvgIpc) is 3.24. The Morgan fingerprint density at radius 2 is 1.64 bits per heavy atom. The number of allylic oxidation sites excluding steroid dienone is 14. The van der Waals surface area contributed by atoms with E-state index in [-0.39, 0.29) is 5.92 Å². The standard InChI is InChI=1S/C54H61N/c1-5-7-9-10-12-21-43-23-17-28-51-48(26-18-27-50(43)51)40(4)49-24-15-16-25-52(49)54(39(3)19-11-8-6-2)44-32-29-42(30-33-44)47-35-36-53(55-38-47)46-34-31-41-20-13-14-22-45(41)37-46/h6,8,11,13,15-17,19-20,23-25,27-29,32,35-39H,5,7,9-10,12,14,18,21-22,26,30-31,33-34H2,1-4H3/b8-6-,19-11-,49-40+,54-52+. The van der Waals surface area contributed by atoms with Gasteiger partial charge >= 0.3 is 0 Å². The molecule has 0 spiro atoms. The van der Waals surface area contributed by atoms with E-state index in [1.807, 2.05) is 0 Å². The molecule has 1 atom stereocenters. The molecular weight excluding hydrogens is 663 g/mol. The van der Waals surface area contributed by atoms with Crippen LogP contribution in [0.2, 0.25) is 0 Å². The minimum Gasteiger partial charge on any atom is -0.256 e. The predicted octanol–water partition coefficient (Wildman–Crippen LogP) is 11.7. The van der Waals surface area contributed by atoms with Crippen molar-refractivity contribution in [3.05, 3.63) is 170 Å². The Kier molecular flexibility index (Phi) is 13.1. The van der Waals surface area contributed by atoms with Crippen molar-refractivity contribution < 1.29 is 0 Å². The van der Waals surface area contributed by atoms with Gasteiger partial charge < -0.3 is 0 Å². The highest BCUT2D eigenvalue weighted by molar-refractivity contribution is 5.88. The molecule has 0 bridgehead atoms. The fraction of sp³-hybridized carbons (Fsp3) is 0.352. The zero-order chi connectivity index (χ0) is 38.0. The van der Waals surface area contributed by atoms with Crippen LogP contribution in [0, 0.1) is 5.92 Å². The van der Waals surface area contributed by atoms with Gasteiger partial charge in [-0.25, -0.2) is 0 Å². The Morgan fingerprint density at radius 3 is 2.44 bits per heavy atom. The molecule has 1 nitrogen and oxygen atoms in total. The van der Waals surface area contributed by atoms with Crippen LogP contribution in [0.3, 0.4) is 0 Å². The van der Waals surface area contributed by atoms with Gasteiger partial charge in [-0.3, -0.25) is 4.98 Å². The Hall–Kier alpha value is -4.75. The number of hydrogen-bond acceptors (Lipinski definition) is 1. The van der Waals surface area contributed by atoms with Gasteiger partial charge in [-0.1, -0.05) is 149 Å². The number of hydrogen-bond donors (Lipinski definition) is 0.